The smallest absolute Gasteiger partial charge is 0.0992 e. The Balaban J connectivity index is 2.28. The molecule has 0 aliphatic heterocycles. The Labute approximate surface area is 104 Å². The minimum Gasteiger partial charge on any atom is -0.192 e. The first-order chi connectivity index (χ1) is 7.79. The van der Waals surface area contributed by atoms with E-state index in [0.29, 0.717) is 5.56 Å². The SMILES string of the molecule is N#Cc1cccc(Sc2ccccc2Cl)c1. The lowest BCUT2D eigenvalue weighted by Gasteiger charge is -2.03. The number of nitriles is 1. The highest BCUT2D eigenvalue weighted by atomic mass is 35.5. The monoisotopic (exact) mass is 245 g/mol. The molecule has 0 aliphatic rings. The average Bonchev–Trinajstić information content (AvgIpc) is 2.32. The fraction of sp³-hybridized carbons (Fsp3) is 0. The number of benzene rings is 2. The molecule has 0 saturated heterocycles. The van der Waals surface area contributed by atoms with E-state index in [1.807, 2.05) is 42.5 Å². The van der Waals surface area contributed by atoms with Crippen molar-refractivity contribution in [3.05, 3.63) is 59.1 Å². The number of rotatable bonds is 2. The molecule has 2 rings (SSSR count). The second-order valence-corrected chi connectivity index (χ2v) is 4.69. The summed E-state index contributed by atoms with van der Waals surface area (Å²) >= 11 is 7.62. The average molecular weight is 246 g/mol. The van der Waals surface area contributed by atoms with Gasteiger partial charge in [0, 0.05) is 9.79 Å². The molecule has 78 valence electrons. The molecule has 2 aromatic carbocycles. The quantitative estimate of drug-likeness (QED) is 0.785. The minimum atomic E-state index is 0.664. The number of halogens is 1. The molecule has 0 aliphatic carbocycles. The molecule has 16 heavy (non-hydrogen) atoms. The lowest BCUT2D eigenvalue weighted by molar-refractivity contribution is 1.38. The summed E-state index contributed by atoms with van der Waals surface area (Å²) in [6.07, 6.45) is 0. The molecule has 0 aromatic heterocycles. The summed E-state index contributed by atoms with van der Waals surface area (Å²) in [6, 6.07) is 17.3. The summed E-state index contributed by atoms with van der Waals surface area (Å²) in [5.41, 5.74) is 0.664. The van der Waals surface area contributed by atoms with Crippen LogP contribution in [-0.2, 0) is 0 Å². The molecular weight excluding hydrogens is 238 g/mol. The summed E-state index contributed by atoms with van der Waals surface area (Å²) in [6.45, 7) is 0. The van der Waals surface area contributed by atoms with Crippen LogP contribution in [0.3, 0.4) is 0 Å². The normalized spacial score (nSPS) is 9.75. The highest BCUT2D eigenvalue weighted by Gasteiger charge is 2.02. The molecule has 3 heteroatoms. The van der Waals surface area contributed by atoms with Gasteiger partial charge in [-0.25, -0.2) is 0 Å². The zero-order chi connectivity index (χ0) is 11.4. The first-order valence-corrected chi connectivity index (χ1v) is 5.91. The van der Waals surface area contributed by atoms with Crippen molar-refractivity contribution < 1.29 is 0 Å². The summed E-state index contributed by atoms with van der Waals surface area (Å²) in [5.74, 6) is 0. The van der Waals surface area contributed by atoms with Crippen molar-refractivity contribution in [1.29, 1.82) is 5.26 Å². The van der Waals surface area contributed by atoms with Crippen molar-refractivity contribution in [2.24, 2.45) is 0 Å². The van der Waals surface area contributed by atoms with E-state index in [1.54, 1.807) is 17.8 Å². The summed E-state index contributed by atoms with van der Waals surface area (Å²) in [4.78, 5) is 2.02. The maximum Gasteiger partial charge on any atom is 0.0992 e. The van der Waals surface area contributed by atoms with Crippen LogP contribution in [0.25, 0.3) is 0 Å². The van der Waals surface area contributed by atoms with Crippen LogP contribution in [-0.4, -0.2) is 0 Å². The van der Waals surface area contributed by atoms with Gasteiger partial charge >= 0.3 is 0 Å². The maximum atomic E-state index is 8.80. The standard InChI is InChI=1S/C13H8ClNS/c14-12-6-1-2-7-13(12)16-11-5-3-4-10(8-11)9-15/h1-8H. The summed E-state index contributed by atoms with van der Waals surface area (Å²) < 4.78 is 0. The predicted octanol–water partition coefficient (Wildman–Crippen LogP) is 4.36. The van der Waals surface area contributed by atoms with Crippen LogP contribution in [0.2, 0.25) is 5.02 Å². The lowest BCUT2D eigenvalue weighted by atomic mass is 10.2. The van der Waals surface area contributed by atoms with Gasteiger partial charge in [-0.3, -0.25) is 0 Å². The molecule has 0 spiro atoms. The Morgan fingerprint density at radius 3 is 2.62 bits per heavy atom. The highest BCUT2D eigenvalue weighted by molar-refractivity contribution is 7.99. The van der Waals surface area contributed by atoms with Gasteiger partial charge in [0.25, 0.3) is 0 Å². The van der Waals surface area contributed by atoms with E-state index in [9.17, 15) is 0 Å². The first kappa shape index (κ1) is 11.1. The summed E-state index contributed by atoms with van der Waals surface area (Å²) in [7, 11) is 0. The molecule has 1 nitrogen and oxygen atoms in total. The van der Waals surface area contributed by atoms with Crippen LogP contribution in [0.15, 0.2) is 58.3 Å². The molecule has 0 N–H and O–H groups in total. The molecule has 2 aromatic rings. The largest absolute Gasteiger partial charge is 0.192 e. The maximum absolute atomic E-state index is 8.80. The third kappa shape index (κ3) is 2.57. The number of nitrogens with zero attached hydrogens (tertiary/aromatic N) is 1. The van der Waals surface area contributed by atoms with Crippen molar-refractivity contribution >= 4 is 23.4 Å². The Morgan fingerprint density at radius 1 is 1.06 bits per heavy atom. The molecule has 0 bridgehead atoms. The Kier molecular flexibility index (Phi) is 3.51. The van der Waals surface area contributed by atoms with Crippen LogP contribution in [0.5, 0.6) is 0 Å². The first-order valence-electron chi connectivity index (χ1n) is 4.72. The van der Waals surface area contributed by atoms with Crippen LogP contribution < -0.4 is 0 Å². The van der Waals surface area contributed by atoms with Gasteiger partial charge in [-0.1, -0.05) is 41.6 Å². The van der Waals surface area contributed by atoms with Crippen LogP contribution in [0, 0.1) is 11.3 Å². The highest BCUT2D eigenvalue weighted by Crippen LogP contribution is 2.33. The topological polar surface area (TPSA) is 23.8 Å². The molecule has 0 heterocycles. The van der Waals surface area contributed by atoms with Crippen molar-refractivity contribution in [2.75, 3.05) is 0 Å². The van der Waals surface area contributed by atoms with Crippen molar-refractivity contribution in [1.82, 2.24) is 0 Å². The van der Waals surface area contributed by atoms with Gasteiger partial charge < -0.3 is 0 Å². The summed E-state index contributed by atoms with van der Waals surface area (Å²) in [5, 5.41) is 9.53. The van der Waals surface area contributed by atoms with E-state index >= 15 is 0 Å². The fourth-order valence-corrected chi connectivity index (χ4v) is 2.43. The molecular formula is C13H8ClNS. The van der Waals surface area contributed by atoms with Crippen LogP contribution >= 0.6 is 23.4 Å². The zero-order valence-corrected chi connectivity index (χ0v) is 9.92. The van der Waals surface area contributed by atoms with Gasteiger partial charge in [0.2, 0.25) is 0 Å². The van der Waals surface area contributed by atoms with Gasteiger partial charge in [-0.2, -0.15) is 5.26 Å². The van der Waals surface area contributed by atoms with Crippen molar-refractivity contribution in [2.45, 2.75) is 9.79 Å². The van der Waals surface area contributed by atoms with E-state index < -0.39 is 0 Å². The number of hydrogen-bond donors (Lipinski definition) is 0. The Hall–Kier alpha value is -1.43. The van der Waals surface area contributed by atoms with Gasteiger partial charge in [0.05, 0.1) is 16.7 Å². The van der Waals surface area contributed by atoms with E-state index in [2.05, 4.69) is 6.07 Å². The zero-order valence-electron chi connectivity index (χ0n) is 8.35. The van der Waals surface area contributed by atoms with Gasteiger partial charge in [-0.05, 0) is 30.3 Å². The molecule has 0 fully saturated rings. The molecule has 0 atom stereocenters. The van der Waals surface area contributed by atoms with E-state index in [0.717, 1.165) is 14.8 Å². The van der Waals surface area contributed by atoms with Crippen molar-refractivity contribution in [3.8, 4) is 6.07 Å². The predicted molar refractivity (Wildman–Crippen MR) is 66.7 cm³/mol. The molecule has 0 saturated carbocycles. The minimum absolute atomic E-state index is 0.664. The lowest BCUT2D eigenvalue weighted by Crippen LogP contribution is -1.77. The molecule has 0 unspecified atom stereocenters. The third-order valence-corrected chi connectivity index (χ3v) is 3.53. The van der Waals surface area contributed by atoms with E-state index in [1.165, 1.54) is 0 Å². The van der Waals surface area contributed by atoms with E-state index in [-0.39, 0.29) is 0 Å². The molecule has 0 amide bonds. The van der Waals surface area contributed by atoms with Gasteiger partial charge in [-0.15, -0.1) is 0 Å². The van der Waals surface area contributed by atoms with Gasteiger partial charge in [0.15, 0.2) is 0 Å². The van der Waals surface area contributed by atoms with Crippen molar-refractivity contribution in [3.63, 3.8) is 0 Å². The second-order valence-electron chi connectivity index (χ2n) is 3.17. The Morgan fingerprint density at radius 2 is 1.88 bits per heavy atom. The Bertz CT molecular complexity index is 546. The van der Waals surface area contributed by atoms with Gasteiger partial charge in [0.1, 0.15) is 0 Å². The fourth-order valence-electron chi connectivity index (χ4n) is 1.28. The second kappa shape index (κ2) is 5.07. The van der Waals surface area contributed by atoms with Crippen LogP contribution in [0.1, 0.15) is 5.56 Å². The molecule has 0 radical (unpaired) electrons. The third-order valence-electron chi connectivity index (χ3n) is 2.03. The van der Waals surface area contributed by atoms with E-state index in [4.69, 9.17) is 16.9 Å². The number of hydrogen-bond acceptors (Lipinski definition) is 2. The van der Waals surface area contributed by atoms with Crippen LogP contribution in [0.4, 0.5) is 0 Å².